The molecule has 0 bridgehead atoms. The van der Waals surface area contributed by atoms with Gasteiger partial charge in [0.25, 0.3) is 5.91 Å². The summed E-state index contributed by atoms with van der Waals surface area (Å²) < 4.78 is 0. The highest BCUT2D eigenvalue weighted by molar-refractivity contribution is 6.15. The number of amidine groups is 1. The number of nitrogens with one attached hydrogen (secondary N) is 2. The zero-order valence-electron chi connectivity index (χ0n) is 16.5. The van der Waals surface area contributed by atoms with E-state index in [-0.39, 0.29) is 30.0 Å². The molecule has 2 aromatic rings. The maximum Gasteiger partial charge on any atom is 0.251 e. The average molecular weight is 424 g/mol. The third kappa shape index (κ3) is 5.35. The summed E-state index contributed by atoms with van der Waals surface area (Å²) in [5, 5.41) is 23.8. The Morgan fingerprint density at radius 2 is 1.87 bits per heavy atom. The summed E-state index contributed by atoms with van der Waals surface area (Å²) in [5.41, 5.74) is 8.16. The first-order chi connectivity index (χ1) is 14.7. The van der Waals surface area contributed by atoms with Crippen LogP contribution in [0.25, 0.3) is 0 Å². The molecule has 4 N–H and O–H groups in total. The van der Waals surface area contributed by atoms with E-state index in [0.29, 0.717) is 24.2 Å². The molecule has 1 atom stereocenters. The van der Waals surface area contributed by atoms with Crippen molar-refractivity contribution in [1.29, 1.82) is 0 Å². The van der Waals surface area contributed by atoms with Crippen molar-refractivity contribution in [3.05, 3.63) is 52.7 Å². The summed E-state index contributed by atoms with van der Waals surface area (Å²) in [4.78, 5) is 53.2. The lowest BCUT2D eigenvalue weighted by atomic mass is 9.98. The number of aliphatic imine (C=N–C) groups is 1. The number of aliphatic carboxylic acids is 2. The number of aryl methyl sites for hydroxylation is 2. The Morgan fingerprint density at radius 3 is 2.52 bits per heavy atom. The molecule has 10 heteroatoms. The minimum atomic E-state index is -1.57. The van der Waals surface area contributed by atoms with E-state index in [1.807, 2.05) is 0 Å². The van der Waals surface area contributed by atoms with E-state index in [0.717, 1.165) is 11.1 Å². The summed E-state index contributed by atoms with van der Waals surface area (Å²) in [6, 6.07) is 5.10. The van der Waals surface area contributed by atoms with Crippen LogP contribution in [-0.2, 0) is 22.4 Å². The van der Waals surface area contributed by atoms with Crippen molar-refractivity contribution in [2.24, 2.45) is 10.7 Å². The van der Waals surface area contributed by atoms with E-state index in [1.54, 1.807) is 30.5 Å². The Morgan fingerprint density at radius 1 is 1.16 bits per heavy atom. The van der Waals surface area contributed by atoms with E-state index in [4.69, 9.17) is 5.73 Å². The number of benzene rings is 1. The van der Waals surface area contributed by atoms with Crippen molar-refractivity contribution in [3.8, 4) is 0 Å². The molecule has 1 amide bonds. The number of aromatic amines is 1. The number of aromatic nitrogens is 1. The van der Waals surface area contributed by atoms with Crippen LogP contribution in [-0.4, -0.2) is 40.5 Å². The fourth-order valence-electron chi connectivity index (χ4n) is 3.34. The van der Waals surface area contributed by atoms with Crippen molar-refractivity contribution in [3.63, 3.8) is 0 Å². The molecule has 0 spiro atoms. The fourth-order valence-corrected chi connectivity index (χ4v) is 3.34. The number of carboxylic acids is 2. The highest BCUT2D eigenvalue weighted by Crippen LogP contribution is 2.28. The first-order valence-electron chi connectivity index (χ1n) is 9.61. The molecular formula is C21H20N4O6-2. The average Bonchev–Trinajstić information content (AvgIpc) is 3.12. The van der Waals surface area contributed by atoms with Crippen LogP contribution in [0.1, 0.15) is 51.1 Å². The number of nitrogens with zero attached hydrogens (tertiary/aromatic N) is 1. The molecule has 0 aliphatic carbocycles. The van der Waals surface area contributed by atoms with Gasteiger partial charge in [0.15, 0.2) is 5.78 Å². The van der Waals surface area contributed by atoms with Crippen LogP contribution in [0.4, 0.5) is 5.82 Å². The largest absolute Gasteiger partial charge is 0.550 e. The van der Waals surface area contributed by atoms with Gasteiger partial charge in [0.05, 0.1) is 24.0 Å². The second kappa shape index (κ2) is 9.24. The van der Waals surface area contributed by atoms with E-state index >= 15 is 0 Å². The SMILES string of the molecule is NC1=Nc2[nH]cc(CCc3ccc(C(=O)NC(CCC(=O)[O-])C(=O)[O-])cc3)c2C(=O)C1. The van der Waals surface area contributed by atoms with Gasteiger partial charge < -0.3 is 35.8 Å². The molecule has 31 heavy (non-hydrogen) atoms. The number of hydrogen-bond acceptors (Lipinski definition) is 8. The normalized spacial score (nSPS) is 13.8. The minimum Gasteiger partial charge on any atom is -0.550 e. The van der Waals surface area contributed by atoms with Gasteiger partial charge in [-0.25, -0.2) is 4.99 Å². The highest BCUT2D eigenvalue weighted by atomic mass is 16.4. The summed E-state index contributed by atoms with van der Waals surface area (Å²) in [7, 11) is 0. The van der Waals surface area contributed by atoms with Gasteiger partial charge in [0.2, 0.25) is 0 Å². The smallest absolute Gasteiger partial charge is 0.251 e. The number of ketones is 1. The van der Waals surface area contributed by atoms with Crippen molar-refractivity contribution in [1.82, 2.24) is 10.3 Å². The van der Waals surface area contributed by atoms with Crippen LogP contribution >= 0.6 is 0 Å². The van der Waals surface area contributed by atoms with Crippen LogP contribution in [0, 0.1) is 0 Å². The Bertz CT molecular complexity index is 1050. The molecule has 1 aliphatic rings. The number of fused-ring (bicyclic) bond motifs is 1. The Kier molecular flexibility index (Phi) is 6.49. The number of carboxylic acid groups (broad SMARTS) is 2. The van der Waals surface area contributed by atoms with Gasteiger partial charge in [-0.2, -0.15) is 0 Å². The third-order valence-corrected chi connectivity index (χ3v) is 4.94. The molecule has 0 saturated heterocycles. The summed E-state index contributed by atoms with van der Waals surface area (Å²) >= 11 is 0. The van der Waals surface area contributed by atoms with Gasteiger partial charge >= 0.3 is 0 Å². The summed E-state index contributed by atoms with van der Waals surface area (Å²) in [5.74, 6) is -2.96. The first-order valence-corrected chi connectivity index (χ1v) is 9.61. The molecule has 1 aromatic heterocycles. The van der Waals surface area contributed by atoms with Crippen LogP contribution in [0.3, 0.4) is 0 Å². The van der Waals surface area contributed by atoms with Crippen molar-refractivity contribution >= 4 is 35.3 Å². The molecule has 10 nitrogen and oxygen atoms in total. The quantitative estimate of drug-likeness (QED) is 0.450. The fraction of sp³-hybridized carbons (Fsp3) is 0.286. The first kappa shape index (κ1) is 21.8. The predicted octanol–water partition coefficient (Wildman–Crippen LogP) is -1.25. The second-order valence-corrected chi connectivity index (χ2v) is 7.19. The number of carbonyl (C=O) groups is 4. The molecule has 1 unspecified atom stereocenters. The number of amides is 1. The van der Waals surface area contributed by atoms with Gasteiger partial charge in [0.1, 0.15) is 11.7 Å². The number of hydrogen-bond donors (Lipinski definition) is 3. The zero-order valence-corrected chi connectivity index (χ0v) is 16.5. The number of H-pyrrole nitrogens is 1. The highest BCUT2D eigenvalue weighted by Gasteiger charge is 2.23. The van der Waals surface area contributed by atoms with E-state index < -0.39 is 30.3 Å². The van der Waals surface area contributed by atoms with Crippen molar-refractivity contribution in [2.45, 2.75) is 38.1 Å². The standard InChI is InChI=1S/C21H22N4O6/c22-16-9-15(26)18-13(10-23-19(18)25-16)6-3-11-1-4-12(5-2-11)20(29)24-14(21(30)31)7-8-17(27)28/h1-2,4-5,10,14,23H,3,6-9H2,(H2,22,25)(H,24,29)(H,27,28)(H,30,31)/p-2. The number of carbonyl (C=O) groups excluding carboxylic acids is 4. The van der Waals surface area contributed by atoms with Crippen LogP contribution in [0.5, 0.6) is 0 Å². The molecular weight excluding hydrogens is 404 g/mol. The predicted molar refractivity (Wildman–Crippen MR) is 105 cm³/mol. The lowest BCUT2D eigenvalue weighted by Crippen LogP contribution is -2.48. The minimum absolute atomic E-state index is 0.0769. The maximum atomic E-state index is 12.3. The zero-order chi connectivity index (χ0) is 22.5. The molecule has 1 aliphatic heterocycles. The Labute approximate surface area is 177 Å². The van der Waals surface area contributed by atoms with E-state index in [9.17, 15) is 29.4 Å². The van der Waals surface area contributed by atoms with Gasteiger partial charge in [-0.15, -0.1) is 0 Å². The molecule has 1 aromatic carbocycles. The van der Waals surface area contributed by atoms with Gasteiger partial charge in [-0.3, -0.25) is 9.59 Å². The lowest BCUT2D eigenvalue weighted by molar-refractivity contribution is -0.309. The van der Waals surface area contributed by atoms with Crippen LogP contribution < -0.4 is 21.3 Å². The monoisotopic (exact) mass is 424 g/mol. The van der Waals surface area contributed by atoms with E-state index in [2.05, 4.69) is 15.3 Å². The lowest BCUT2D eigenvalue weighted by Gasteiger charge is -2.20. The molecule has 0 radical (unpaired) electrons. The number of rotatable bonds is 9. The van der Waals surface area contributed by atoms with E-state index in [1.165, 1.54) is 0 Å². The Hall–Kier alpha value is -3.95. The summed E-state index contributed by atoms with van der Waals surface area (Å²) in [6.07, 6.45) is 2.17. The number of Topliss-reactive ketones (excluding diaryl/α,β-unsaturated/α-hetero) is 1. The molecule has 0 fully saturated rings. The maximum absolute atomic E-state index is 12.3. The topological polar surface area (TPSA) is 181 Å². The van der Waals surface area contributed by atoms with Gasteiger partial charge in [0, 0.05) is 17.7 Å². The molecule has 2 heterocycles. The molecule has 162 valence electrons. The van der Waals surface area contributed by atoms with Crippen molar-refractivity contribution in [2.75, 3.05) is 0 Å². The number of nitrogens with two attached hydrogens (primary N) is 1. The van der Waals surface area contributed by atoms with Crippen LogP contribution in [0.2, 0.25) is 0 Å². The molecule has 3 rings (SSSR count). The Balaban J connectivity index is 1.61. The summed E-state index contributed by atoms with van der Waals surface area (Å²) in [6.45, 7) is 0. The van der Waals surface area contributed by atoms with Crippen molar-refractivity contribution < 1.29 is 29.4 Å². The van der Waals surface area contributed by atoms with Crippen LogP contribution in [0.15, 0.2) is 35.5 Å². The molecule has 0 saturated carbocycles. The second-order valence-electron chi connectivity index (χ2n) is 7.19. The van der Waals surface area contributed by atoms with Gasteiger partial charge in [-0.1, -0.05) is 12.1 Å². The third-order valence-electron chi connectivity index (χ3n) is 4.94. The van der Waals surface area contributed by atoms with Gasteiger partial charge in [-0.05, 0) is 48.9 Å².